The molecule has 1 unspecified atom stereocenters. The second-order valence-corrected chi connectivity index (χ2v) is 5.64. The Kier molecular flexibility index (Phi) is 5.09. The molecule has 3 rings (SSSR count). The van der Waals surface area contributed by atoms with Gasteiger partial charge in [0.2, 0.25) is 0 Å². The smallest absolute Gasteiger partial charge is 0.250 e. The van der Waals surface area contributed by atoms with Crippen molar-refractivity contribution in [1.29, 1.82) is 0 Å². The zero-order valence-electron chi connectivity index (χ0n) is 12.7. The molecule has 1 N–H and O–H groups in total. The molecule has 0 bridgehead atoms. The summed E-state index contributed by atoms with van der Waals surface area (Å²) in [4.78, 5) is 24.3. The molecular formula is C16H19FN4O2. The lowest BCUT2D eigenvalue weighted by atomic mass is 10.1. The molecule has 6 nitrogen and oxygen atoms in total. The first-order valence-electron chi connectivity index (χ1n) is 7.67. The van der Waals surface area contributed by atoms with Gasteiger partial charge in [0.05, 0.1) is 30.9 Å². The number of morpholine rings is 1. The van der Waals surface area contributed by atoms with Crippen LogP contribution in [-0.2, 0) is 17.7 Å². The van der Waals surface area contributed by atoms with Gasteiger partial charge in [-0.3, -0.25) is 14.7 Å². The van der Waals surface area contributed by atoms with Crippen LogP contribution < -0.4 is 5.56 Å². The third-order valence-corrected chi connectivity index (χ3v) is 3.85. The molecule has 2 aromatic rings. The number of aryl methyl sites for hydroxylation is 1. The van der Waals surface area contributed by atoms with Gasteiger partial charge in [0.15, 0.2) is 0 Å². The number of rotatable bonds is 5. The minimum absolute atomic E-state index is 0.102. The van der Waals surface area contributed by atoms with E-state index in [4.69, 9.17) is 4.74 Å². The molecule has 3 heterocycles. The fourth-order valence-corrected chi connectivity index (χ4v) is 2.68. The van der Waals surface area contributed by atoms with Gasteiger partial charge < -0.3 is 9.72 Å². The van der Waals surface area contributed by atoms with Crippen LogP contribution in [0, 0.1) is 5.82 Å². The molecule has 122 valence electrons. The first-order valence-corrected chi connectivity index (χ1v) is 7.67. The highest BCUT2D eigenvalue weighted by atomic mass is 19.1. The van der Waals surface area contributed by atoms with Gasteiger partial charge in [-0.2, -0.15) is 0 Å². The largest absolute Gasteiger partial charge is 0.376 e. The van der Waals surface area contributed by atoms with Crippen LogP contribution in [0.15, 0.2) is 35.5 Å². The maximum Gasteiger partial charge on any atom is 0.250 e. The zero-order valence-corrected chi connectivity index (χ0v) is 12.7. The molecular weight excluding hydrogens is 299 g/mol. The maximum atomic E-state index is 12.9. The van der Waals surface area contributed by atoms with Crippen molar-refractivity contribution >= 4 is 0 Å². The van der Waals surface area contributed by atoms with E-state index in [0.29, 0.717) is 19.6 Å². The fraction of sp³-hybridized carbons (Fsp3) is 0.438. The third-order valence-electron chi connectivity index (χ3n) is 3.85. The standard InChI is InChI=1S/C16H19FN4O2/c17-12-1-2-14(18-8-12)9-21-5-6-23-15(10-21)4-3-13-7-16(22)20-11-19-13/h1-2,7-8,11,15H,3-6,9-10H2,(H,19,20,22). The summed E-state index contributed by atoms with van der Waals surface area (Å²) >= 11 is 0. The maximum absolute atomic E-state index is 12.9. The van der Waals surface area contributed by atoms with Crippen molar-refractivity contribution in [3.05, 3.63) is 58.3 Å². The van der Waals surface area contributed by atoms with Crippen LogP contribution in [0.1, 0.15) is 17.8 Å². The van der Waals surface area contributed by atoms with Crippen molar-refractivity contribution in [3.8, 4) is 0 Å². The van der Waals surface area contributed by atoms with Crippen LogP contribution in [0.3, 0.4) is 0 Å². The van der Waals surface area contributed by atoms with Crippen LogP contribution in [0.2, 0.25) is 0 Å². The molecule has 23 heavy (non-hydrogen) atoms. The lowest BCUT2D eigenvalue weighted by molar-refractivity contribution is -0.0350. The van der Waals surface area contributed by atoms with Gasteiger partial charge in [-0.05, 0) is 25.0 Å². The Bertz CT molecular complexity index is 689. The molecule has 1 aliphatic heterocycles. The van der Waals surface area contributed by atoms with E-state index in [-0.39, 0.29) is 17.5 Å². The van der Waals surface area contributed by atoms with Gasteiger partial charge in [0.1, 0.15) is 5.82 Å². The Morgan fingerprint density at radius 2 is 2.26 bits per heavy atom. The fourth-order valence-electron chi connectivity index (χ4n) is 2.68. The van der Waals surface area contributed by atoms with Crippen molar-refractivity contribution in [3.63, 3.8) is 0 Å². The predicted octanol–water partition coefficient (Wildman–Crippen LogP) is 1.14. The second-order valence-electron chi connectivity index (χ2n) is 5.64. The normalized spacial score (nSPS) is 18.9. The number of ether oxygens (including phenoxy) is 1. The highest BCUT2D eigenvalue weighted by Crippen LogP contribution is 2.13. The molecule has 0 spiro atoms. The Balaban J connectivity index is 1.51. The molecule has 0 aromatic carbocycles. The van der Waals surface area contributed by atoms with Gasteiger partial charge in [-0.25, -0.2) is 9.37 Å². The Morgan fingerprint density at radius 1 is 1.35 bits per heavy atom. The van der Waals surface area contributed by atoms with Crippen molar-refractivity contribution in [1.82, 2.24) is 19.9 Å². The van der Waals surface area contributed by atoms with E-state index >= 15 is 0 Å². The molecule has 1 fully saturated rings. The molecule has 0 saturated carbocycles. The van der Waals surface area contributed by atoms with Crippen LogP contribution in [0.25, 0.3) is 0 Å². The molecule has 7 heteroatoms. The minimum atomic E-state index is -0.320. The molecule has 1 saturated heterocycles. The summed E-state index contributed by atoms with van der Waals surface area (Å²) < 4.78 is 18.7. The van der Waals surface area contributed by atoms with Crippen molar-refractivity contribution in [2.24, 2.45) is 0 Å². The van der Waals surface area contributed by atoms with Crippen LogP contribution in [0.4, 0.5) is 4.39 Å². The number of nitrogens with zero attached hydrogens (tertiary/aromatic N) is 3. The zero-order chi connectivity index (χ0) is 16.1. The number of hydrogen-bond donors (Lipinski definition) is 1. The first-order chi connectivity index (χ1) is 11.2. The average molecular weight is 318 g/mol. The van der Waals surface area contributed by atoms with E-state index in [2.05, 4.69) is 19.9 Å². The molecule has 0 aliphatic carbocycles. The Labute approximate surface area is 133 Å². The van der Waals surface area contributed by atoms with Crippen LogP contribution in [0.5, 0.6) is 0 Å². The van der Waals surface area contributed by atoms with E-state index in [0.717, 1.165) is 30.9 Å². The van der Waals surface area contributed by atoms with Crippen LogP contribution >= 0.6 is 0 Å². The predicted molar refractivity (Wildman–Crippen MR) is 82.4 cm³/mol. The second kappa shape index (κ2) is 7.43. The van der Waals surface area contributed by atoms with Gasteiger partial charge in [0.25, 0.3) is 5.56 Å². The molecule has 2 aromatic heterocycles. The summed E-state index contributed by atoms with van der Waals surface area (Å²) in [5.41, 5.74) is 1.49. The highest BCUT2D eigenvalue weighted by Gasteiger charge is 2.20. The molecule has 1 atom stereocenters. The number of H-pyrrole nitrogens is 1. The monoisotopic (exact) mass is 318 g/mol. The van der Waals surface area contributed by atoms with Gasteiger partial charge >= 0.3 is 0 Å². The average Bonchev–Trinajstić information content (AvgIpc) is 2.56. The van der Waals surface area contributed by atoms with E-state index in [1.165, 1.54) is 24.7 Å². The van der Waals surface area contributed by atoms with Gasteiger partial charge in [-0.15, -0.1) is 0 Å². The van der Waals surface area contributed by atoms with Crippen molar-refractivity contribution in [2.45, 2.75) is 25.5 Å². The number of halogens is 1. The van der Waals surface area contributed by atoms with E-state index in [1.54, 1.807) is 6.07 Å². The lowest BCUT2D eigenvalue weighted by Gasteiger charge is -2.32. The quantitative estimate of drug-likeness (QED) is 0.895. The number of aromatic amines is 1. The van der Waals surface area contributed by atoms with E-state index in [1.807, 2.05) is 0 Å². The summed E-state index contributed by atoms with van der Waals surface area (Å²) in [5.74, 6) is -0.320. The van der Waals surface area contributed by atoms with Crippen molar-refractivity contribution in [2.75, 3.05) is 19.7 Å². The number of nitrogens with one attached hydrogen (secondary N) is 1. The Hall–Kier alpha value is -2.12. The van der Waals surface area contributed by atoms with Crippen LogP contribution in [-0.4, -0.2) is 45.7 Å². The minimum Gasteiger partial charge on any atom is -0.376 e. The van der Waals surface area contributed by atoms with E-state index in [9.17, 15) is 9.18 Å². The molecule has 0 amide bonds. The summed E-state index contributed by atoms with van der Waals surface area (Å²) in [5, 5.41) is 0. The molecule has 1 aliphatic rings. The van der Waals surface area contributed by atoms with Gasteiger partial charge in [0, 0.05) is 31.4 Å². The van der Waals surface area contributed by atoms with Gasteiger partial charge in [-0.1, -0.05) is 0 Å². The summed E-state index contributed by atoms with van der Waals surface area (Å²) in [6, 6.07) is 4.65. The lowest BCUT2D eigenvalue weighted by Crippen LogP contribution is -2.42. The third kappa shape index (κ3) is 4.67. The highest BCUT2D eigenvalue weighted by molar-refractivity contribution is 5.05. The Morgan fingerprint density at radius 3 is 3.04 bits per heavy atom. The summed E-state index contributed by atoms with van der Waals surface area (Å²) in [6.07, 6.45) is 4.28. The number of hydrogen-bond acceptors (Lipinski definition) is 5. The topological polar surface area (TPSA) is 71.1 Å². The summed E-state index contributed by atoms with van der Waals surface area (Å²) in [6.45, 7) is 2.97. The first kappa shape index (κ1) is 15.8. The SMILES string of the molecule is O=c1cc(CCC2CN(Cc3ccc(F)cn3)CCO2)nc[nH]1. The number of aromatic nitrogens is 3. The van der Waals surface area contributed by atoms with E-state index < -0.39 is 0 Å². The van der Waals surface area contributed by atoms with Crippen molar-refractivity contribution < 1.29 is 9.13 Å². The summed E-state index contributed by atoms with van der Waals surface area (Å²) in [7, 11) is 0. The number of pyridine rings is 1. The molecule has 0 radical (unpaired) electrons.